The highest BCUT2D eigenvalue weighted by Crippen LogP contribution is 2.20. The molecule has 1 aliphatic heterocycles. The highest BCUT2D eigenvalue weighted by Gasteiger charge is 2.20. The Morgan fingerprint density at radius 2 is 2.05 bits per heavy atom. The maximum atomic E-state index is 11.9. The van der Waals surface area contributed by atoms with Crippen LogP contribution in [0.5, 0.6) is 0 Å². The summed E-state index contributed by atoms with van der Waals surface area (Å²) in [5.41, 5.74) is 2.19. The van der Waals surface area contributed by atoms with Crippen molar-refractivity contribution in [2.75, 3.05) is 23.3 Å². The van der Waals surface area contributed by atoms with E-state index < -0.39 is 0 Å². The Labute approximate surface area is 120 Å². The number of hydrogen-bond donors (Lipinski definition) is 2. The van der Waals surface area contributed by atoms with Crippen molar-refractivity contribution in [3.8, 4) is 0 Å². The molecule has 0 spiro atoms. The fraction of sp³-hybridized carbons (Fsp3) is 0.143. The number of nitrogens with zero attached hydrogens (tertiary/aromatic N) is 1. The van der Waals surface area contributed by atoms with Gasteiger partial charge in [0.05, 0.1) is 5.56 Å². The second-order valence-electron chi connectivity index (χ2n) is 4.40. The van der Waals surface area contributed by atoms with Crippen LogP contribution >= 0.6 is 11.3 Å². The number of carbonyl (C=O) groups is 2. The van der Waals surface area contributed by atoms with Gasteiger partial charge in [-0.2, -0.15) is 11.3 Å². The highest BCUT2D eigenvalue weighted by molar-refractivity contribution is 7.08. The summed E-state index contributed by atoms with van der Waals surface area (Å²) in [6.07, 6.45) is 0. The number of nitrogens with one attached hydrogen (secondary N) is 2. The third kappa shape index (κ3) is 2.50. The molecule has 0 atom stereocenters. The maximum absolute atomic E-state index is 11.9. The Hall–Kier alpha value is -2.34. The number of amides is 3. The minimum absolute atomic E-state index is 0.0833. The first-order chi connectivity index (χ1) is 9.74. The lowest BCUT2D eigenvalue weighted by Gasteiger charge is -2.14. The standard InChI is InChI=1S/C14H13N3O2S/c18-13(10-5-8-20-9-10)16-11-1-3-12(4-2-11)17-7-6-15-14(17)19/h1-5,8-9H,6-7H2,(H,15,19)(H,16,18). The van der Waals surface area contributed by atoms with Gasteiger partial charge in [0.1, 0.15) is 0 Å². The molecule has 3 amide bonds. The zero-order valence-corrected chi connectivity index (χ0v) is 11.4. The first kappa shape index (κ1) is 12.7. The Balaban J connectivity index is 1.70. The van der Waals surface area contributed by atoms with E-state index in [2.05, 4.69) is 10.6 Å². The zero-order chi connectivity index (χ0) is 13.9. The quantitative estimate of drug-likeness (QED) is 0.911. The van der Waals surface area contributed by atoms with Crippen molar-refractivity contribution in [1.29, 1.82) is 0 Å². The lowest BCUT2D eigenvalue weighted by molar-refractivity contribution is 0.102. The molecule has 0 radical (unpaired) electrons. The molecule has 2 heterocycles. The summed E-state index contributed by atoms with van der Waals surface area (Å²) in [4.78, 5) is 25.1. The number of rotatable bonds is 3. The van der Waals surface area contributed by atoms with Crippen molar-refractivity contribution in [3.63, 3.8) is 0 Å². The number of hydrogen-bond acceptors (Lipinski definition) is 3. The van der Waals surface area contributed by atoms with Gasteiger partial charge >= 0.3 is 6.03 Å². The fourth-order valence-electron chi connectivity index (χ4n) is 2.04. The molecule has 2 aromatic rings. The van der Waals surface area contributed by atoms with Gasteiger partial charge in [0.25, 0.3) is 5.91 Å². The van der Waals surface area contributed by atoms with Crippen LogP contribution in [-0.2, 0) is 0 Å². The lowest BCUT2D eigenvalue weighted by atomic mass is 10.2. The number of thiophene rings is 1. The second kappa shape index (κ2) is 5.34. The summed E-state index contributed by atoms with van der Waals surface area (Å²) >= 11 is 1.49. The van der Waals surface area contributed by atoms with Gasteiger partial charge in [0.2, 0.25) is 0 Å². The monoisotopic (exact) mass is 287 g/mol. The van der Waals surface area contributed by atoms with Crippen LogP contribution in [0.4, 0.5) is 16.2 Å². The molecule has 3 rings (SSSR count). The SMILES string of the molecule is O=C(Nc1ccc(N2CCNC2=O)cc1)c1ccsc1. The van der Waals surface area contributed by atoms with Gasteiger partial charge in [0, 0.05) is 29.8 Å². The van der Waals surface area contributed by atoms with Crippen LogP contribution in [-0.4, -0.2) is 25.0 Å². The molecule has 0 saturated carbocycles. The normalized spacial score (nSPS) is 14.2. The molecule has 2 N–H and O–H groups in total. The van der Waals surface area contributed by atoms with Crippen LogP contribution in [0.1, 0.15) is 10.4 Å². The minimum Gasteiger partial charge on any atom is -0.336 e. The summed E-state index contributed by atoms with van der Waals surface area (Å²) < 4.78 is 0. The van der Waals surface area contributed by atoms with E-state index in [1.165, 1.54) is 11.3 Å². The summed E-state index contributed by atoms with van der Waals surface area (Å²) in [6, 6.07) is 8.95. The molecule has 0 bridgehead atoms. The molecule has 20 heavy (non-hydrogen) atoms. The Morgan fingerprint density at radius 1 is 1.25 bits per heavy atom. The van der Waals surface area contributed by atoms with Crippen molar-refractivity contribution in [2.24, 2.45) is 0 Å². The van der Waals surface area contributed by atoms with Crippen molar-refractivity contribution < 1.29 is 9.59 Å². The first-order valence-corrected chi connectivity index (χ1v) is 7.17. The average molecular weight is 287 g/mol. The van der Waals surface area contributed by atoms with Crippen LogP contribution in [0.15, 0.2) is 41.1 Å². The van der Waals surface area contributed by atoms with Gasteiger partial charge in [-0.3, -0.25) is 9.69 Å². The fourth-order valence-corrected chi connectivity index (χ4v) is 2.68. The topological polar surface area (TPSA) is 61.4 Å². The Kier molecular flexibility index (Phi) is 3.39. The third-order valence-corrected chi connectivity index (χ3v) is 3.76. The van der Waals surface area contributed by atoms with E-state index in [9.17, 15) is 9.59 Å². The van der Waals surface area contributed by atoms with Crippen LogP contribution in [0.25, 0.3) is 0 Å². The van der Waals surface area contributed by atoms with Crippen LogP contribution < -0.4 is 15.5 Å². The molecule has 102 valence electrons. The number of anilines is 2. The predicted octanol–water partition coefficient (Wildman–Crippen LogP) is 2.53. The van der Waals surface area contributed by atoms with Crippen LogP contribution in [0.3, 0.4) is 0 Å². The van der Waals surface area contributed by atoms with Gasteiger partial charge in [-0.1, -0.05) is 0 Å². The van der Waals surface area contributed by atoms with E-state index in [0.29, 0.717) is 24.3 Å². The molecule has 1 aromatic carbocycles. The molecule has 0 aliphatic carbocycles. The Bertz CT molecular complexity index is 622. The number of carbonyl (C=O) groups excluding carboxylic acids is 2. The van der Waals surface area contributed by atoms with E-state index in [1.807, 2.05) is 17.5 Å². The molecule has 1 fully saturated rings. The van der Waals surface area contributed by atoms with Crippen molar-refractivity contribution in [3.05, 3.63) is 46.7 Å². The molecule has 1 aromatic heterocycles. The van der Waals surface area contributed by atoms with E-state index in [-0.39, 0.29) is 11.9 Å². The van der Waals surface area contributed by atoms with Gasteiger partial charge in [0.15, 0.2) is 0 Å². The molecular formula is C14H13N3O2S. The predicted molar refractivity (Wildman–Crippen MR) is 79.5 cm³/mol. The van der Waals surface area contributed by atoms with Crippen LogP contribution in [0, 0.1) is 0 Å². The molecule has 0 unspecified atom stereocenters. The molecule has 5 nitrogen and oxygen atoms in total. The van der Waals surface area contributed by atoms with Crippen molar-refractivity contribution in [2.45, 2.75) is 0 Å². The highest BCUT2D eigenvalue weighted by atomic mass is 32.1. The smallest absolute Gasteiger partial charge is 0.321 e. The van der Waals surface area contributed by atoms with E-state index >= 15 is 0 Å². The number of urea groups is 1. The van der Waals surface area contributed by atoms with Gasteiger partial charge < -0.3 is 10.6 Å². The summed E-state index contributed by atoms with van der Waals surface area (Å²) in [5.74, 6) is -0.127. The van der Waals surface area contributed by atoms with E-state index in [1.54, 1.807) is 28.5 Å². The largest absolute Gasteiger partial charge is 0.336 e. The lowest BCUT2D eigenvalue weighted by Crippen LogP contribution is -2.27. The van der Waals surface area contributed by atoms with Crippen LogP contribution in [0.2, 0.25) is 0 Å². The molecule has 1 saturated heterocycles. The Morgan fingerprint density at radius 3 is 2.65 bits per heavy atom. The zero-order valence-electron chi connectivity index (χ0n) is 10.6. The average Bonchev–Trinajstić information content (AvgIpc) is 3.11. The molecule has 6 heteroatoms. The number of benzene rings is 1. The van der Waals surface area contributed by atoms with Gasteiger partial charge in [-0.15, -0.1) is 0 Å². The molecule has 1 aliphatic rings. The summed E-state index contributed by atoms with van der Waals surface area (Å²) in [7, 11) is 0. The summed E-state index contributed by atoms with van der Waals surface area (Å²) in [6.45, 7) is 1.33. The van der Waals surface area contributed by atoms with Crippen molar-refractivity contribution >= 4 is 34.6 Å². The maximum Gasteiger partial charge on any atom is 0.321 e. The van der Waals surface area contributed by atoms with Crippen molar-refractivity contribution in [1.82, 2.24) is 5.32 Å². The van der Waals surface area contributed by atoms with E-state index in [4.69, 9.17) is 0 Å². The molecular weight excluding hydrogens is 274 g/mol. The second-order valence-corrected chi connectivity index (χ2v) is 5.18. The van der Waals surface area contributed by atoms with Gasteiger partial charge in [-0.25, -0.2) is 4.79 Å². The minimum atomic E-state index is -0.127. The third-order valence-electron chi connectivity index (χ3n) is 3.08. The first-order valence-electron chi connectivity index (χ1n) is 6.23. The van der Waals surface area contributed by atoms with E-state index in [0.717, 1.165) is 5.69 Å². The summed E-state index contributed by atoms with van der Waals surface area (Å²) in [5, 5.41) is 9.24. The van der Waals surface area contributed by atoms with Gasteiger partial charge in [-0.05, 0) is 35.7 Å².